The summed E-state index contributed by atoms with van der Waals surface area (Å²) in [5.74, 6) is 0.160. The highest BCUT2D eigenvalue weighted by Gasteiger charge is 2.15. The number of rotatable bonds is 3. The summed E-state index contributed by atoms with van der Waals surface area (Å²) in [5, 5.41) is 0.621. The summed E-state index contributed by atoms with van der Waals surface area (Å²) in [6.07, 6.45) is 1.65. The zero-order chi connectivity index (χ0) is 12.3. The molecule has 1 heterocycles. The fraction of sp³-hybridized carbons (Fsp3) is 0.154. The van der Waals surface area contributed by atoms with Gasteiger partial charge >= 0.3 is 0 Å². The van der Waals surface area contributed by atoms with Crippen LogP contribution in [-0.4, -0.2) is 12.1 Å². The second-order valence-corrected chi connectivity index (χ2v) is 4.03. The lowest BCUT2D eigenvalue weighted by atomic mass is 10.0. The molecule has 0 aliphatic carbocycles. The van der Waals surface area contributed by atoms with Gasteiger partial charge in [0.15, 0.2) is 0 Å². The zero-order valence-corrected chi connectivity index (χ0v) is 10.9. The van der Waals surface area contributed by atoms with Crippen molar-refractivity contribution < 1.29 is 9.13 Å². The van der Waals surface area contributed by atoms with Crippen LogP contribution in [0.15, 0.2) is 36.5 Å². The first-order chi connectivity index (χ1) is 8.27. The van der Waals surface area contributed by atoms with Crippen molar-refractivity contribution in [3.63, 3.8) is 0 Å². The predicted molar refractivity (Wildman–Crippen MR) is 68.8 cm³/mol. The molecule has 0 spiro atoms. The highest BCUT2D eigenvalue weighted by atomic mass is 79.9. The van der Waals surface area contributed by atoms with Crippen LogP contribution in [0.3, 0.4) is 0 Å². The van der Waals surface area contributed by atoms with Crippen molar-refractivity contribution in [1.82, 2.24) is 4.98 Å². The van der Waals surface area contributed by atoms with E-state index in [4.69, 9.17) is 4.74 Å². The first-order valence-electron chi connectivity index (χ1n) is 5.10. The van der Waals surface area contributed by atoms with Gasteiger partial charge in [0.25, 0.3) is 0 Å². The van der Waals surface area contributed by atoms with E-state index in [1.807, 2.05) is 6.07 Å². The van der Waals surface area contributed by atoms with Crippen LogP contribution in [0, 0.1) is 5.82 Å². The predicted octanol–water partition coefficient (Wildman–Crippen LogP) is 3.79. The fourth-order valence-corrected chi connectivity index (χ4v) is 2.17. The fourth-order valence-electron chi connectivity index (χ4n) is 1.70. The maximum Gasteiger partial charge on any atom is 0.221 e. The summed E-state index contributed by atoms with van der Waals surface area (Å²) < 4.78 is 19.0. The Morgan fingerprint density at radius 3 is 2.71 bits per heavy atom. The molecule has 0 saturated carbocycles. The molecule has 88 valence electrons. The van der Waals surface area contributed by atoms with Gasteiger partial charge in [-0.15, -0.1) is 0 Å². The normalized spacial score (nSPS) is 10.3. The molecule has 0 atom stereocenters. The van der Waals surface area contributed by atoms with Crippen LogP contribution < -0.4 is 4.74 Å². The van der Waals surface area contributed by atoms with E-state index < -0.39 is 0 Å². The van der Waals surface area contributed by atoms with E-state index in [-0.39, 0.29) is 5.82 Å². The van der Waals surface area contributed by atoms with E-state index in [1.165, 1.54) is 13.2 Å². The number of alkyl halides is 1. The molecule has 0 aliphatic rings. The Bertz CT molecular complexity index is 508. The number of aromatic nitrogens is 1. The number of pyridine rings is 1. The summed E-state index contributed by atoms with van der Waals surface area (Å²) >= 11 is 3.39. The van der Waals surface area contributed by atoms with Gasteiger partial charge in [0.1, 0.15) is 5.82 Å². The van der Waals surface area contributed by atoms with E-state index in [2.05, 4.69) is 20.9 Å². The van der Waals surface area contributed by atoms with Crippen molar-refractivity contribution in [2.75, 3.05) is 7.11 Å². The standard InChI is InChI=1S/C13H11BrFNO/c1-17-13-12(9(8-14)6-7-16-13)10-4-2-3-5-11(10)15/h2-7H,8H2,1H3. The summed E-state index contributed by atoms with van der Waals surface area (Å²) in [4.78, 5) is 4.11. The van der Waals surface area contributed by atoms with E-state index in [1.54, 1.807) is 24.4 Å². The second kappa shape index (κ2) is 5.27. The topological polar surface area (TPSA) is 22.1 Å². The van der Waals surface area contributed by atoms with Gasteiger partial charge in [0.2, 0.25) is 5.88 Å². The van der Waals surface area contributed by atoms with Crippen LogP contribution in [0.1, 0.15) is 5.56 Å². The maximum atomic E-state index is 13.8. The molecule has 0 bridgehead atoms. The van der Waals surface area contributed by atoms with Gasteiger partial charge in [-0.3, -0.25) is 0 Å². The van der Waals surface area contributed by atoms with Gasteiger partial charge in [-0.2, -0.15) is 0 Å². The minimum Gasteiger partial charge on any atom is -0.481 e. The number of halogens is 2. The highest BCUT2D eigenvalue weighted by Crippen LogP contribution is 2.34. The zero-order valence-electron chi connectivity index (χ0n) is 9.28. The Balaban J connectivity index is 2.69. The molecule has 2 aromatic rings. The van der Waals surface area contributed by atoms with Crippen molar-refractivity contribution in [2.24, 2.45) is 0 Å². The minimum atomic E-state index is -0.277. The number of hydrogen-bond acceptors (Lipinski definition) is 2. The van der Waals surface area contributed by atoms with Gasteiger partial charge in [0, 0.05) is 17.1 Å². The highest BCUT2D eigenvalue weighted by molar-refractivity contribution is 9.08. The molecule has 2 nitrogen and oxygen atoms in total. The lowest BCUT2D eigenvalue weighted by molar-refractivity contribution is 0.399. The third-order valence-electron chi connectivity index (χ3n) is 2.48. The molecule has 1 aromatic carbocycles. The molecule has 0 amide bonds. The molecule has 1 aromatic heterocycles. The van der Waals surface area contributed by atoms with Crippen molar-refractivity contribution in [3.05, 3.63) is 47.9 Å². The van der Waals surface area contributed by atoms with Crippen molar-refractivity contribution in [1.29, 1.82) is 0 Å². The number of ether oxygens (including phenoxy) is 1. The quantitative estimate of drug-likeness (QED) is 0.804. The molecular weight excluding hydrogens is 285 g/mol. The first-order valence-corrected chi connectivity index (χ1v) is 6.22. The second-order valence-electron chi connectivity index (χ2n) is 3.47. The summed E-state index contributed by atoms with van der Waals surface area (Å²) in [7, 11) is 1.53. The Hall–Kier alpha value is -1.42. The average molecular weight is 296 g/mol. The summed E-state index contributed by atoms with van der Waals surface area (Å²) in [6, 6.07) is 8.46. The minimum absolute atomic E-state index is 0.277. The van der Waals surface area contributed by atoms with Gasteiger partial charge in [-0.05, 0) is 17.7 Å². The Morgan fingerprint density at radius 2 is 2.06 bits per heavy atom. The van der Waals surface area contributed by atoms with Crippen LogP contribution in [-0.2, 0) is 5.33 Å². The van der Waals surface area contributed by atoms with E-state index in [0.29, 0.717) is 22.3 Å². The summed E-state index contributed by atoms with van der Waals surface area (Å²) in [5.41, 5.74) is 2.15. The molecule has 0 N–H and O–H groups in total. The van der Waals surface area contributed by atoms with Crippen molar-refractivity contribution in [2.45, 2.75) is 5.33 Å². The Morgan fingerprint density at radius 1 is 1.29 bits per heavy atom. The maximum absolute atomic E-state index is 13.8. The number of hydrogen-bond donors (Lipinski definition) is 0. The van der Waals surface area contributed by atoms with Crippen LogP contribution in [0.5, 0.6) is 5.88 Å². The number of methoxy groups -OCH3 is 1. The van der Waals surface area contributed by atoms with Crippen LogP contribution in [0.25, 0.3) is 11.1 Å². The largest absolute Gasteiger partial charge is 0.481 e. The summed E-state index contributed by atoms with van der Waals surface area (Å²) in [6.45, 7) is 0. The Labute approximate surface area is 108 Å². The average Bonchev–Trinajstić information content (AvgIpc) is 2.38. The van der Waals surface area contributed by atoms with Crippen LogP contribution in [0.2, 0.25) is 0 Å². The van der Waals surface area contributed by atoms with E-state index in [0.717, 1.165) is 5.56 Å². The molecule has 4 heteroatoms. The SMILES string of the molecule is COc1nccc(CBr)c1-c1ccccc1F. The van der Waals surface area contributed by atoms with Crippen LogP contribution >= 0.6 is 15.9 Å². The molecule has 0 fully saturated rings. The smallest absolute Gasteiger partial charge is 0.221 e. The van der Waals surface area contributed by atoms with Crippen LogP contribution in [0.4, 0.5) is 4.39 Å². The Kier molecular flexibility index (Phi) is 3.74. The monoisotopic (exact) mass is 295 g/mol. The third-order valence-corrected chi connectivity index (χ3v) is 3.09. The molecule has 0 saturated heterocycles. The molecule has 17 heavy (non-hydrogen) atoms. The molecule has 0 radical (unpaired) electrons. The molecule has 0 aliphatic heterocycles. The van der Waals surface area contributed by atoms with Gasteiger partial charge < -0.3 is 4.74 Å². The lowest BCUT2D eigenvalue weighted by Gasteiger charge is -2.12. The van der Waals surface area contributed by atoms with E-state index in [9.17, 15) is 4.39 Å². The van der Waals surface area contributed by atoms with E-state index >= 15 is 0 Å². The lowest BCUT2D eigenvalue weighted by Crippen LogP contribution is -1.97. The third kappa shape index (κ3) is 2.31. The number of nitrogens with zero attached hydrogens (tertiary/aromatic N) is 1. The van der Waals surface area contributed by atoms with Gasteiger partial charge in [-0.1, -0.05) is 34.1 Å². The first kappa shape index (κ1) is 12.0. The molecule has 2 rings (SSSR count). The molecular formula is C13H11BrFNO. The van der Waals surface area contributed by atoms with Gasteiger partial charge in [0.05, 0.1) is 12.7 Å². The van der Waals surface area contributed by atoms with Crippen molar-refractivity contribution >= 4 is 15.9 Å². The molecule has 0 unspecified atom stereocenters. The van der Waals surface area contributed by atoms with Crippen molar-refractivity contribution in [3.8, 4) is 17.0 Å². The number of benzene rings is 1. The van der Waals surface area contributed by atoms with Gasteiger partial charge in [-0.25, -0.2) is 9.37 Å².